The Morgan fingerprint density at radius 3 is 3.14 bits per heavy atom. The van der Waals surface area contributed by atoms with Crippen LogP contribution in [-0.2, 0) is 17.0 Å². The average molecular weight is 388 g/mol. The molecule has 1 N–H and O–H groups in total. The summed E-state index contributed by atoms with van der Waals surface area (Å²) in [6, 6.07) is 4.95. The van der Waals surface area contributed by atoms with Gasteiger partial charge in [0.05, 0.1) is 12.6 Å². The van der Waals surface area contributed by atoms with Crippen LogP contribution in [0.5, 0.6) is 0 Å². The average Bonchev–Trinajstić information content (AvgIpc) is 3.11. The van der Waals surface area contributed by atoms with Gasteiger partial charge < -0.3 is 4.74 Å². The molecule has 22 heavy (non-hydrogen) atoms. The molecule has 0 aliphatic carbocycles. The Hall–Kier alpha value is -1.12. The maximum Gasteiger partial charge on any atom is 0.344 e. The second kappa shape index (κ2) is 6.97. The summed E-state index contributed by atoms with van der Waals surface area (Å²) in [4.78, 5) is 11.8. The van der Waals surface area contributed by atoms with Crippen LogP contribution < -0.4 is 5.69 Å². The summed E-state index contributed by atoms with van der Waals surface area (Å²) in [6.07, 6.45) is 2.02. The molecule has 3 rings (SSSR count). The third-order valence-corrected chi connectivity index (χ3v) is 5.02. The summed E-state index contributed by atoms with van der Waals surface area (Å²) >= 11 is 4.57. The van der Waals surface area contributed by atoms with Gasteiger partial charge in [-0.25, -0.2) is 14.3 Å². The van der Waals surface area contributed by atoms with Crippen molar-refractivity contribution < 1.29 is 9.13 Å². The number of hydrogen-bond acceptors (Lipinski definition) is 4. The van der Waals surface area contributed by atoms with Crippen LogP contribution in [0.1, 0.15) is 18.4 Å². The largest absolute Gasteiger partial charge is 0.376 e. The monoisotopic (exact) mass is 387 g/mol. The molecule has 1 aromatic carbocycles. The Labute approximate surface area is 139 Å². The van der Waals surface area contributed by atoms with Crippen molar-refractivity contribution in [2.75, 3.05) is 6.61 Å². The van der Waals surface area contributed by atoms with Crippen LogP contribution in [0.4, 0.5) is 4.39 Å². The van der Waals surface area contributed by atoms with E-state index < -0.39 is 0 Å². The van der Waals surface area contributed by atoms with Crippen molar-refractivity contribution in [2.45, 2.75) is 36.4 Å². The highest BCUT2D eigenvalue weighted by molar-refractivity contribution is 9.10. The lowest BCUT2D eigenvalue weighted by molar-refractivity contribution is 0.0941. The molecule has 1 atom stereocenters. The van der Waals surface area contributed by atoms with E-state index in [4.69, 9.17) is 4.74 Å². The van der Waals surface area contributed by atoms with Gasteiger partial charge in [-0.15, -0.1) is 5.10 Å². The number of aromatic nitrogens is 3. The molecule has 0 unspecified atom stereocenters. The number of hydrogen-bond donors (Lipinski definition) is 1. The van der Waals surface area contributed by atoms with Crippen LogP contribution in [0, 0.1) is 5.82 Å². The quantitative estimate of drug-likeness (QED) is 0.801. The Balaban J connectivity index is 1.71. The summed E-state index contributed by atoms with van der Waals surface area (Å²) in [6.45, 7) is 1.23. The molecule has 0 spiro atoms. The van der Waals surface area contributed by atoms with E-state index in [0.29, 0.717) is 27.5 Å². The van der Waals surface area contributed by atoms with Gasteiger partial charge >= 0.3 is 5.69 Å². The highest BCUT2D eigenvalue weighted by Gasteiger charge is 2.19. The standard InChI is InChI=1S/C14H15BrFN3O2S/c15-10-4-3-9(12(16)6-10)8-22-14-18-17-13(20)19(14)7-11-2-1-5-21-11/h3-4,6,11H,1-2,5,7-8H2,(H,17,20)/t11-/m0/s1. The summed E-state index contributed by atoms with van der Waals surface area (Å²) in [5.41, 5.74) is 0.321. The van der Waals surface area contributed by atoms with Crippen molar-refractivity contribution in [1.82, 2.24) is 14.8 Å². The lowest BCUT2D eigenvalue weighted by Gasteiger charge is -2.11. The molecular formula is C14H15BrFN3O2S. The van der Waals surface area contributed by atoms with Crippen molar-refractivity contribution in [3.8, 4) is 0 Å². The van der Waals surface area contributed by atoms with Gasteiger partial charge in [-0.1, -0.05) is 33.8 Å². The second-order valence-electron chi connectivity index (χ2n) is 5.08. The summed E-state index contributed by atoms with van der Waals surface area (Å²) < 4.78 is 21.7. The smallest absolute Gasteiger partial charge is 0.344 e. The van der Waals surface area contributed by atoms with E-state index in [1.165, 1.54) is 17.8 Å². The minimum absolute atomic E-state index is 0.0547. The fraction of sp³-hybridized carbons (Fsp3) is 0.429. The van der Waals surface area contributed by atoms with Gasteiger partial charge in [0.1, 0.15) is 5.82 Å². The van der Waals surface area contributed by atoms with Crippen molar-refractivity contribution in [2.24, 2.45) is 0 Å². The summed E-state index contributed by atoms with van der Waals surface area (Å²) in [7, 11) is 0. The van der Waals surface area contributed by atoms with E-state index in [1.807, 2.05) is 0 Å². The van der Waals surface area contributed by atoms with Crippen molar-refractivity contribution in [3.63, 3.8) is 0 Å². The van der Waals surface area contributed by atoms with Gasteiger partial charge in [-0.2, -0.15) is 0 Å². The molecular weight excluding hydrogens is 373 g/mol. The maximum atomic E-state index is 13.8. The van der Waals surface area contributed by atoms with E-state index in [9.17, 15) is 9.18 Å². The molecule has 0 bridgehead atoms. The van der Waals surface area contributed by atoms with Gasteiger partial charge in [0.25, 0.3) is 0 Å². The van der Waals surface area contributed by atoms with Crippen LogP contribution in [0.2, 0.25) is 0 Å². The van der Waals surface area contributed by atoms with E-state index in [-0.39, 0.29) is 17.6 Å². The van der Waals surface area contributed by atoms with E-state index >= 15 is 0 Å². The fourth-order valence-electron chi connectivity index (χ4n) is 2.35. The zero-order chi connectivity index (χ0) is 15.5. The Bertz CT molecular complexity index is 712. The number of benzene rings is 1. The molecule has 1 saturated heterocycles. The molecule has 0 amide bonds. The molecule has 5 nitrogen and oxygen atoms in total. The number of halogens is 2. The Morgan fingerprint density at radius 2 is 2.41 bits per heavy atom. The Kier molecular flexibility index (Phi) is 5.00. The molecule has 2 aromatic rings. The first-order valence-corrected chi connectivity index (χ1v) is 8.75. The first kappa shape index (κ1) is 15.8. The number of nitrogens with one attached hydrogen (secondary N) is 1. The van der Waals surface area contributed by atoms with E-state index in [2.05, 4.69) is 26.1 Å². The molecule has 1 aromatic heterocycles. The minimum Gasteiger partial charge on any atom is -0.376 e. The molecule has 1 fully saturated rings. The van der Waals surface area contributed by atoms with Crippen LogP contribution in [0.15, 0.2) is 32.6 Å². The van der Waals surface area contributed by atoms with E-state index in [0.717, 1.165) is 19.4 Å². The fourth-order valence-corrected chi connectivity index (χ4v) is 3.62. The Morgan fingerprint density at radius 1 is 1.55 bits per heavy atom. The first-order valence-electron chi connectivity index (χ1n) is 6.97. The maximum absolute atomic E-state index is 13.8. The molecule has 8 heteroatoms. The van der Waals surface area contributed by atoms with Crippen LogP contribution in [-0.4, -0.2) is 27.5 Å². The zero-order valence-corrected chi connectivity index (χ0v) is 14.1. The third-order valence-electron chi connectivity index (χ3n) is 3.51. The van der Waals surface area contributed by atoms with Gasteiger partial charge in [-0.05, 0) is 30.5 Å². The van der Waals surface area contributed by atoms with Crippen molar-refractivity contribution in [1.29, 1.82) is 0 Å². The van der Waals surface area contributed by atoms with Gasteiger partial charge in [0.15, 0.2) is 5.16 Å². The molecule has 118 valence electrons. The van der Waals surface area contributed by atoms with E-state index in [1.54, 1.807) is 16.7 Å². The van der Waals surface area contributed by atoms with Crippen LogP contribution >= 0.6 is 27.7 Å². The minimum atomic E-state index is -0.273. The molecule has 0 radical (unpaired) electrons. The normalized spacial score (nSPS) is 18.0. The van der Waals surface area contributed by atoms with Gasteiger partial charge in [0.2, 0.25) is 0 Å². The second-order valence-corrected chi connectivity index (χ2v) is 6.94. The molecule has 1 aliphatic rings. The lowest BCUT2D eigenvalue weighted by atomic mass is 10.2. The zero-order valence-electron chi connectivity index (χ0n) is 11.7. The molecule has 2 heterocycles. The highest BCUT2D eigenvalue weighted by atomic mass is 79.9. The number of rotatable bonds is 5. The van der Waals surface area contributed by atoms with Crippen molar-refractivity contribution in [3.05, 3.63) is 44.5 Å². The first-order chi connectivity index (χ1) is 10.6. The van der Waals surface area contributed by atoms with Gasteiger partial charge in [-0.3, -0.25) is 4.57 Å². The number of aromatic amines is 1. The number of thioether (sulfide) groups is 1. The number of nitrogens with zero attached hydrogens (tertiary/aromatic N) is 2. The van der Waals surface area contributed by atoms with Crippen LogP contribution in [0.3, 0.4) is 0 Å². The molecule has 1 aliphatic heterocycles. The lowest BCUT2D eigenvalue weighted by Crippen LogP contribution is -2.24. The third kappa shape index (κ3) is 3.61. The number of H-pyrrole nitrogens is 1. The molecule has 0 saturated carbocycles. The predicted octanol–water partition coefficient (Wildman–Crippen LogP) is 2.94. The predicted molar refractivity (Wildman–Crippen MR) is 85.5 cm³/mol. The van der Waals surface area contributed by atoms with Crippen LogP contribution in [0.25, 0.3) is 0 Å². The number of ether oxygens (including phenoxy) is 1. The highest BCUT2D eigenvalue weighted by Crippen LogP contribution is 2.24. The van der Waals surface area contributed by atoms with Gasteiger partial charge in [0, 0.05) is 16.8 Å². The van der Waals surface area contributed by atoms with Crippen molar-refractivity contribution >= 4 is 27.7 Å². The summed E-state index contributed by atoms with van der Waals surface area (Å²) in [5, 5.41) is 7.03. The SMILES string of the molecule is O=c1[nH]nc(SCc2ccc(Br)cc2F)n1C[C@@H]1CCCO1. The topological polar surface area (TPSA) is 59.9 Å². The summed E-state index contributed by atoms with van der Waals surface area (Å²) in [5.74, 6) is 0.139.